The SMILES string of the molecule is O=C(NCC(O)c1cccc(Oc2ccccc2)c1)C1CCOCC1. The largest absolute Gasteiger partial charge is 0.457 e. The van der Waals surface area contributed by atoms with Crippen molar-refractivity contribution in [3.8, 4) is 11.5 Å². The first kappa shape index (κ1) is 17.5. The van der Waals surface area contributed by atoms with Crippen LogP contribution in [0.15, 0.2) is 54.6 Å². The first-order valence-electron chi connectivity index (χ1n) is 8.59. The fourth-order valence-corrected chi connectivity index (χ4v) is 2.83. The van der Waals surface area contributed by atoms with Crippen LogP contribution in [0.3, 0.4) is 0 Å². The smallest absolute Gasteiger partial charge is 0.223 e. The molecule has 1 amide bonds. The Morgan fingerprint density at radius 3 is 2.60 bits per heavy atom. The van der Waals surface area contributed by atoms with Crippen LogP contribution < -0.4 is 10.1 Å². The van der Waals surface area contributed by atoms with Crippen LogP contribution in [0.4, 0.5) is 0 Å². The lowest BCUT2D eigenvalue weighted by atomic mass is 9.99. The zero-order valence-electron chi connectivity index (χ0n) is 14.1. The third kappa shape index (κ3) is 5.05. The molecular formula is C20H23NO4. The molecule has 0 saturated carbocycles. The molecule has 2 aromatic carbocycles. The predicted molar refractivity (Wildman–Crippen MR) is 94.5 cm³/mol. The lowest BCUT2D eigenvalue weighted by Crippen LogP contribution is -2.36. The summed E-state index contributed by atoms with van der Waals surface area (Å²) >= 11 is 0. The van der Waals surface area contributed by atoms with E-state index in [1.165, 1.54) is 0 Å². The van der Waals surface area contributed by atoms with Gasteiger partial charge in [0.2, 0.25) is 5.91 Å². The highest BCUT2D eigenvalue weighted by atomic mass is 16.5. The third-order valence-corrected chi connectivity index (χ3v) is 4.28. The number of hydrogen-bond donors (Lipinski definition) is 2. The molecule has 1 heterocycles. The summed E-state index contributed by atoms with van der Waals surface area (Å²) in [6.45, 7) is 1.43. The van der Waals surface area contributed by atoms with Gasteiger partial charge in [0.25, 0.3) is 0 Å². The molecule has 1 unspecified atom stereocenters. The number of carbonyl (C=O) groups is 1. The zero-order valence-corrected chi connectivity index (χ0v) is 14.1. The van der Waals surface area contributed by atoms with E-state index in [0.29, 0.717) is 24.5 Å². The number of nitrogens with one attached hydrogen (secondary N) is 1. The predicted octanol–water partition coefficient (Wildman–Crippen LogP) is 3.06. The van der Waals surface area contributed by atoms with Gasteiger partial charge < -0.3 is 19.9 Å². The van der Waals surface area contributed by atoms with Crippen molar-refractivity contribution in [1.29, 1.82) is 0 Å². The van der Waals surface area contributed by atoms with Gasteiger partial charge in [-0.15, -0.1) is 0 Å². The van der Waals surface area contributed by atoms with Gasteiger partial charge in [0, 0.05) is 25.7 Å². The summed E-state index contributed by atoms with van der Waals surface area (Å²) in [4.78, 5) is 12.1. The highest BCUT2D eigenvalue weighted by molar-refractivity contribution is 5.78. The number of amides is 1. The Kier molecular flexibility index (Phi) is 6.04. The molecule has 132 valence electrons. The summed E-state index contributed by atoms with van der Waals surface area (Å²) in [5.74, 6) is 1.35. The Hall–Kier alpha value is -2.37. The van der Waals surface area contributed by atoms with E-state index in [-0.39, 0.29) is 18.4 Å². The van der Waals surface area contributed by atoms with Crippen molar-refractivity contribution in [3.63, 3.8) is 0 Å². The monoisotopic (exact) mass is 341 g/mol. The quantitative estimate of drug-likeness (QED) is 0.847. The molecule has 5 heteroatoms. The van der Waals surface area contributed by atoms with Gasteiger partial charge in [-0.25, -0.2) is 0 Å². The first-order chi connectivity index (χ1) is 12.2. The molecule has 2 N–H and O–H groups in total. The van der Waals surface area contributed by atoms with Gasteiger partial charge >= 0.3 is 0 Å². The fraction of sp³-hybridized carbons (Fsp3) is 0.350. The first-order valence-corrected chi connectivity index (χ1v) is 8.59. The number of para-hydroxylation sites is 1. The van der Waals surface area contributed by atoms with E-state index in [1.54, 1.807) is 6.07 Å². The molecule has 1 saturated heterocycles. The molecule has 1 aliphatic heterocycles. The molecule has 3 rings (SSSR count). The summed E-state index contributed by atoms with van der Waals surface area (Å²) in [5.41, 5.74) is 0.709. The van der Waals surface area contributed by atoms with Gasteiger partial charge in [-0.1, -0.05) is 30.3 Å². The maximum Gasteiger partial charge on any atom is 0.223 e. The van der Waals surface area contributed by atoms with Crippen LogP contribution in [0.2, 0.25) is 0 Å². The van der Waals surface area contributed by atoms with Gasteiger partial charge in [0.05, 0.1) is 6.10 Å². The summed E-state index contributed by atoms with van der Waals surface area (Å²) in [6, 6.07) is 16.8. The van der Waals surface area contributed by atoms with Crippen molar-refractivity contribution in [2.24, 2.45) is 5.92 Å². The van der Waals surface area contributed by atoms with E-state index in [2.05, 4.69) is 5.32 Å². The van der Waals surface area contributed by atoms with Crippen molar-refractivity contribution in [1.82, 2.24) is 5.32 Å². The van der Waals surface area contributed by atoms with E-state index >= 15 is 0 Å². The lowest BCUT2D eigenvalue weighted by Gasteiger charge is -2.22. The van der Waals surface area contributed by atoms with Gasteiger partial charge in [0.15, 0.2) is 0 Å². The summed E-state index contributed by atoms with van der Waals surface area (Å²) in [6.07, 6.45) is 0.702. The van der Waals surface area contributed by atoms with Crippen LogP contribution in [-0.2, 0) is 9.53 Å². The number of benzene rings is 2. The minimum absolute atomic E-state index is 0.0148. The molecule has 0 bridgehead atoms. The Labute approximate surface area is 147 Å². The number of ether oxygens (including phenoxy) is 2. The van der Waals surface area contributed by atoms with E-state index in [9.17, 15) is 9.90 Å². The standard InChI is InChI=1S/C20H23NO4/c22-19(14-21-20(23)15-9-11-24-12-10-15)16-5-4-8-18(13-16)25-17-6-2-1-3-7-17/h1-8,13,15,19,22H,9-12,14H2,(H,21,23). The van der Waals surface area contributed by atoms with Crippen LogP contribution in [0.1, 0.15) is 24.5 Å². The molecule has 0 spiro atoms. The second-order valence-electron chi connectivity index (χ2n) is 6.14. The van der Waals surface area contributed by atoms with E-state index < -0.39 is 6.10 Å². The normalized spacial score (nSPS) is 16.2. The third-order valence-electron chi connectivity index (χ3n) is 4.28. The molecule has 1 atom stereocenters. The molecule has 0 aromatic heterocycles. The second kappa shape index (κ2) is 8.65. The highest BCUT2D eigenvalue weighted by Gasteiger charge is 2.22. The highest BCUT2D eigenvalue weighted by Crippen LogP contribution is 2.24. The Balaban J connectivity index is 1.55. The number of carbonyl (C=O) groups excluding carboxylic acids is 1. The van der Waals surface area contributed by atoms with Gasteiger partial charge in [-0.3, -0.25) is 4.79 Å². The van der Waals surface area contributed by atoms with Crippen LogP contribution in [0.5, 0.6) is 11.5 Å². The Morgan fingerprint density at radius 1 is 1.12 bits per heavy atom. The zero-order chi connectivity index (χ0) is 17.5. The van der Waals surface area contributed by atoms with Crippen molar-refractivity contribution < 1.29 is 19.4 Å². The van der Waals surface area contributed by atoms with Crippen LogP contribution in [0, 0.1) is 5.92 Å². The summed E-state index contributed by atoms with van der Waals surface area (Å²) in [5, 5.41) is 13.2. The molecule has 0 radical (unpaired) electrons. The second-order valence-corrected chi connectivity index (χ2v) is 6.14. The molecular weight excluding hydrogens is 318 g/mol. The molecule has 25 heavy (non-hydrogen) atoms. The fourth-order valence-electron chi connectivity index (χ4n) is 2.83. The average Bonchev–Trinajstić information content (AvgIpc) is 2.67. The number of aliphatic hydroxyl groups excluding tert-OH is 1. The van der Waals surface area contributed by atoms with E-state index in [4.69, 9.17) is 9.47 Å². The van der Waals surface area contributed by atoms with E-state index in [0.717, 1.165) is 18.6 Å². The Morgan fingerprint density at radius 2 is 1.84 bits per heavy atom. The minimum atomic E-state index is -0.775. The van der Waals surface area contributed by atoms with Crippen LogP contribution in [-0.4, -0.2) is 30.8 Å². The minimum Gasteiger partial charge on any atom is -0.457 e. The molecule has 0 aliphatic carbocycles. The van der Waals surface area contributed by atoms with Gasteiger partial charge in [-0.05, 0) is 42.7 Å². The van der Waals surface area contributed by atoms with Gasteiger partial charge in [-0.2, -0.15) is 0 Å². The molecule has 5 nitrogen and oxygen atoms in total. The van der Waals surface area contributed by atoms with Crippen molar-refractivity contribution in [2.75, 3.05) is 19.8 Å². The molecule has 1 fully saturated rings. The van der Waals surface area contributed by atoms with Crippen LogP contribution in [0.25, 0.3) is 0 Å². The topological polar surface area (TPSA) is 67.8 Å². The van der Waals surface area contributed by atoms with Crippen LogP contribution >= 0.6 is 0 Å². The Bertz CT molecular complexity index is 683. The molecule has 2 aromatic rings. The van der Waals surface area contributed by atoms with Crippen molar-refractivity contribution >= 4 is 5.91 Å². The lowest BCUT2D eigenvalue weighted by molar-refractivity contribution is -0.128. The van der Waals surface area contributed by atoms with Crippen molar-refractivity contribution in [2.45, 2.75) is 18.9 Å². The average molecular weight is 341 g/mol. The summed E-state index contributed by atoms with van der Waals surface area (Å²) < 4.78 is 11.0. The maximum absolute atomic E-state index is 12.1. The number of aliphatic hydroxyl groups is 1. The number of hydrogen-bond acceptors (Lipinski definition) is 4. The van der Waals surface area contributed by atoms with Gasteiger partial charge in [0.1, 0.15) is 11.5 Å². The molecule has 1 aliphatic rings. The number of rotatable bonds is 6. The maximum atomic E-state index is 12.1. The summed E-state index contributed by atoms with van der Waals surface area (Å²) in [7, 11) is 0. The van der Waals surface area contributed by atoms with E-state index in [1.807, 2.05) is 48.5 Å². The van der Waals surface area contributed by atoms with Crippen molar-refractivity contribution in [3.05, 3.63) is 60.2 Å².